The third-order valence-corrected chi connectivity index (χ3v) is 72.4. The second-order valence-electron chi connectivity index (χ2n) is 47.5. The zero-order valence-electron chi connectivity index (χ0n) is 84.2. The van der Waals surface area contributed by atoms with Crippen LogP contribution in [-0.4, -0.2) is 173 Å². The van der Waals surface area contributed by atoms with Crippen molar-refractivity contribution in [1.82, 2.24) is 10.6 Å². The number of carbonyl (C=O) groups excluding carboxylic acids is 2. The summed E-state index contributed by atoms with van der Waals surface area (Å²) in [5.41, 5.74) is -1.90. The molecule has 1 aliphatic rings. The summed E-state index contributed by atoms with van der Waals surface area (Å²) in [6, 6.07) is 2.51. The molecular formula is C89H192N2O14Si10. The van der Waals surface area contributed by atoms with Crippen molar-refractivity contribution in [3.05, 3.63) is 0 Å². The molecule has 4 N–H and O–H groups in total. The Labute approximate surface area is 721 Å². The third-order valence-electron chi connectivity index (χ3n) is 31.6. The average Bonchev–Trinajstić information content (AvgIpc) is 1.51. The molecule has 1 aliphatic heterocycles. The van der Waals surface area contributed by atoms with E-state index in [1.165, 1.54) is 38.5 Å². The van der Waals surface area contributed by atoms with Gasteiger partial charge in [-0.05, 0) is 246 Å². The van der Waals surface area contributed by atoms with Crippen LogP contribution in [0.1, 0.15) is 302 Å². The number of aliphatic carboxylic acids is 2. The van der Waals surface area contributed by atoms with Gasteiger partial charge >= 0.3 is 11.9 Å². The van der Waals surface area contributed by atoms with Crippen molar-refractivity contribution in [2.75, 3.05) is 13.1 Å². The zero-order valence-corrected chi connectivity index (χ0v) is 94.2. The topological polar surface area (TPSA) is 207 Å². The van der Waals surface area contributed by atoms with Gasteiger partial charge in [-0.1, -0.05) is 192 Å². The highest BCUT2D eigenvalue weighted by Crippen LogP contribution is 2.68. The highest BCUT2D eigenvalue weighted by molar-refractivity contribution is 6.90. The van der Waals surface area contributed by atoms with Crippen LogP contribution in [0.3, 0.4) is 0 Å². The maximum absolute atomic E-state index is 14.1. The molecule has 26 heteroatoms. The monoisotopic (exact) mass is 1790 g/mol. The number of carboxylic acids is 2. The first-order valence-corrected chi connectivity index (χ1v) is 75.6. The van der Waals surface area contributed by atoms with Crippen molar-refractivity contribution in [1.29, 1.82) is 0 Å². The predicted molar refractivity (Wildman–Crippen MR) is 517 cm³/mol. The molecule has 16 nitrogen and oxygen atoms in total. The normalized spacial score (nSPS) is 20.3. The number of unbranched alkanes of at least 4 members (excludes halogenated alkanes) is 10. The maximum atomic E-state index is 14.1. The molecule has 2 amide bonds. The Morgan fingerprint density at radius 3 is 1.03 bits per heavy atom. The van der Waals surface area contributed by atoms with Gasteiger partial charge in [-0.25, -0.2) is 0 Å². The van der Waals surface area contributed by atoms with Crippen LogP contribution in [0.15, 0.2) is 0 Å². The lowest BCUT2D eigenvalue weighted by molar-refractivity contribution is -0.141. The number of hydrogen-bond donors (Lipinski definition) is 4. The van der Waals surface area contributed by atoms with Crippen molar-refractivity contribution in [3.63, 3.8) is 0 Å². The highest BCUT2D eigenvalue weighted by Gasteiger charge is 2.78. The Hall–Kier alpha value is -0.271. The predicted octanol–water partition coefficient (Wildman–Crippen LogP) is 26.5. The standard InChI is InChI=1S/C89H192N2O14Si10/c1-46-48-50-58-66-114(44,88(23,24)102-108(32,33)34)100-78(3,4)82(11,12)110(38,39)98-80(7,8)84(15,16)112(42,103-86(19,20)106(26,27)28)67-59-61-71(69-74(92)93)76(96)90-64-56-53-51-52-54-57-65-91-77(97)72(70-75(94)95)62-60-68-113(43,104-87(21,22)107(29,30)31)85(17,18)81(9,10)99-111(40,41)83(13,14)79(5,6)101-115(45)73(63-55-49-47-2)89(115,25)105-109(35,36)37/h71-73H,46-70H2,1-45H3,(H,90,96)(H,91,97)(H,92,93)(H,94,95). The van der Waals surface area contributed by atoms with E-state index < -0.39 is 144 Å². The van der Waals surface area contributed by atoms with Crippen molar-refractivity contribution in [2.45, 2.75) is 520 Å². The molecule has 1 rings (SSSR count). The number of nitrogens with one attached hydrogen (secondary N) is 2. The third kappa shape index (κ3) is 29.1. The van der Waals surface area contributed by atoms with E-state index in [1.807, 2.05) is 0 Å². The molecule has 8 atom stereocenters. The van der Waals surface area contributed by atoms with Gasteiger partial charge in [0.15, 0.2) is 49.9 Å². The van der Waals surface area contributed by atoms with Gasteiger partial charge in [-0.3, -0.25) is 19.2 Å². The quantitative estimate of drug-likeness (QED) is 0.0330. The summed E-state index contributed by atoms with van der Waals surface area (Å²) < 4.78 is 60.9. The zero-order chi connectivity index (χ0) is 90.8. The molecule has 115 heavy (non-hydrogen) atoms. The summed E-state index contributed by atoms with van der Waals surface area (Å²) in [7, 11) is -23.7. The molecule has 0 radical (unpaired) electrons. The van der Waals surface area contributed by atoms with Gasteiger partial charge in [0, 0.05) is 61.1 Å². The Kier molecular flexibility index (Phi) is 40.2. The molecule has 0 saturated carbocycles. The number of carbonyl (C=O) groups is 4. The molecule has 682 valence electrons. The molecule has 1 heterocycles. The van der Waals surface area contributed by atoms with Crippen molar-refractivity contribution < 1.29 is 64.8 Å². The van der Waals surface area contributed by atoms with Crippen molar-refractivity contribution in [3.8, 4) is 0 Å². The van der Waals surface area contributed by atoms with Crippen LogP contribution >= 0.6 is 0 Å². The summed E-state index contributed by atoms with van der Waals surface area (Å²) in [6.45, 7) is 106. The van der Waals surface area contributed by atoms with Crippen LogP contribution in [-0.2, 0) is 54.6 Å². The molecule has 0 aromatic heterocycles. The Morgan fingerprint density at radius 2 is 0.704 bits per heavy atom. The first-order chi connectivity index (χ1) is 51.0. The molecule has 0 aliphatic carbocycles. The van der Waals surface area contributed by atoms with Crippen LogP contribution in [0.5, 0.6) is 0 Å². The summed E-state index contributed by atoms with van der Waals surface area (Å²) >= 11 is 0. The lowest BCUT2D eigenvalue weighted by Gasteiger charge is -2.60. The van der Waals surface area contributed by atoms with Crippen LogP contribution in [0, 0.1) is 11.8 Å². The van der Waals surface area contributed by atoms with Gasteiger partial charge in [0.05, 0.1) is 61.8 Å². The second-order valence-corrected chi connectivity index (χ2v) is 94.0. The molecule has 0 spiro atoms. The van der Waals surface area contributed by atoms with E-state index >= 15 is 0 Å². The minimum absolute atomic E-state index is 0.211. The lowest BCUT2D eigenvalue weighted by Crippen LogP contribution is -2.67. The number of hydrogen-bond acceptors (Lipinski definition) is 12. The largest absolute Gasteiger partial charge is 0.481 e. The molecular weight excluding hydrogens is 1600 g/mol. The lowest BCUT2D eigenvalue weighted by atomic mass is 9.93. The van der Waals surface area contributed by atoms with E-state index in [1.54, 1.807) is 0 Å². The van der Waals surface area contributed by atoms with E-state index in [-0.39, 0.29) is 50.4 Å². The first-order valence-electron chi connectivity index (χ1n) is 45.6. The smallest absolute Gasteiger partial charge is 0.304 e. The molecule has 8 unspecified atom stereocenters. The molecule has 1 fully saturated rings. The SMILES string of the molecule is CCCCCC[Si](C)(OC(C)(C)C(C)(C)[Si](C)(C)OC(C)(C)C(C)(C)[Si](C)(CCCC(CC(=O)O)C(=O)NCCCCCCCCNC(=O)C(CCC[Si](C)(OC(C)(C)[Si](C)(C)C)C(C)(C)C(C)(C)O[Si](C)(C)C(C)(C)C(C)(C)O[Si]1(C)C(CCCCC)C1(C)O[Si](C)(C)C)CC(=O)O)OC(C)(C)[Si](C)(C)C)C(C)(C)O[Si](C)(C)C. The van der Waals surface area contributed by atoms with E-state index in [0.717, 1.165) is 69.5 Å². The van der Waals surface area contributed by atoms with Gasteiger partial charge < -0.3 is 56.3 Å². The first kappa shape index (κ1) is 113. The van der Waals surface area contributed by atoms with E-state index in [4.69, 9.17) is 35.4 Å². The van der Waals surface area contributed by atoms with Gasteiger partial charge in [-0.15, -0.1) is 0 Å². The summed E-state index contributed by atoms with van der Waals surface area (Å²) in [5.74, 6) is -3.75. The molecule has 0 aromatic rings. The van der Waals surface area contributed by atoms with Gasteiger partial charge in [0.1, 0.15) is 0 Å². The average molecular weight is 1800 g/mol. The summed E-state index contributed by atoms with van der Waals surface area (Å²) in [5, 5.41) is 23.8. The highest BCUT2D eigenvalue weighted by atomic mass is 28.4. The number of amides is 2. The Bertz CT molecular complexity index is 3070. The van der Waals surface area contributed by atoms with Crippen LogP contribution in [0.2, 0.25) is 175 Å². The fraction of sp³-hybridized carbons (Fsp3) is 0.955. The van der Waals surface area contributed by atoms with E-state index in [0.29, 0.717) is 44.3 Å². The molecule has 0 bridgehead atoms. The fourth-order valence-corrected chi connectivity index (χ4v) is 51.7. The van der Waals surface area contributed by atoms with Crippen molar-refractivity contribution in [2.24, 2.45) is 11.8 Å². The number of carboxylic acid groups (broad SMARTS) is 2. The summed E-state index contributed by atoms with van der Waals surface area (Å²) in [4.78, 5) is 53.2. The number of rotatable bonds is 59. The molecule has 1 saturated heterocycles. The Morgan fingerprint density at radius 1 is 0.383 bits per heavy atom. The Balaban J connectivity index is 3.28. The van der Waals surface area contributed by atoms with E-state index in [9.17, 15) is 29.4 Å². The van der Waals surface area contributed by atoms with E-state index in [2.05, 4.69) is 315 Å². The summed E-state index contributed by atoms with van der Waals surface area (Å²) in [6.07, 6.45) is 16.4. The fourth-order valence-electron chi connectivity index (χ4n) is 17.6. The second kappa shape index (κ2) is 41.0. The van der Waals surface area contributed by atoms with Crippen LogP contribution in [0.4, 0.5) is 0 Å². The minimum atomic E-state index is -2.87. The van der Waals surface area contributed by atoms with Crippen LogP contribution in [0.25, 0.3) is 0 Å². The maximum Gasteiger partial charge on any atom is 0.304 e. The van der Waals surface area contributed by atoms with Gasteiger partial charge in [0.2, 0.25) is 28.4 Å². The van der Waals surface area contributed by atoms with Crippen molar-refractivity contribution >= 4 is 106 Å². The van der Waals surface area contributed by atoms with Gasteiger partial charge in [0.25, 0.3) is 0 Å². The van der Waals surface area contributed by atoms with Crippen LogP contribution < -0.4 is 10.6 Å². The minimum Gasteiger partial charge on any atom is -0.481 e. The van der Waals surface area contributed by atoms with Gasteiger partial charge in [-0.2, -0.15) is 0 Å². The molecule has 0 aromatic carbocycles.